The fourth-order valence-corrected chi connectivity index (χ4v) is 2.73. The Hall–Kier alpha value is -1.65. The van der Waals surface area contributed by atoms with Crippen molar-refractivity contribution in [3.63, 3.8) is 0 Å². The van der Waals surface area contributed by atoms with Crippen LogP contribution in [0.15, 0.2) is 48.5 Å². The molecule has 0 heterocycles. The van der Waals surface area contributed by atoms with Crippen molar-refractivity contribution < 1.29 is 8.42 Å². The number of primary sulfonamides is 1. The van der Waals surface area contributed by atoms with Crippen LogP contribution in [0.25, 0.3) is 11.1 Å². The van der Waals surface area contributed by atoms with Crippen LogP contribution >= 0.6 is 0 Å². The molecule has 2 aromatic carbocycles. The van der Waals surface area contributed by atoms with Gasteiger partial charge in [0.15, 0.2) is 0 Å². The zero-order chi connectivity index (χ0) is 13.2. The van der Waals surface area contributed by atoms with Gasteiger partial charge in [-0.05, 0) is 29.2 Å². The largest absolute Gasteiger partial charge is 0.228 e. The molecule has 0 aromatic heterocycles. The summed E-state index contributed by atoms with van der Waals surface area (Å²) in [4.78, 5) is 0. The summed E-state index contributed by atoms with van der Waals surface area (Å²) < 4.78 is 22.4. The van der Waals surface area contributed by atoms with E-state index in [1.807, 2.05) is 49.4 Å². The zero-order valence-corrected chi connectivity index (χ0v) is 10.9. The van der Waals surface area contributed by atoms with Crippen molar-refractivity contribution in [3.8, 4) is 11.1 Å². The highest BCUT2D eigenvalue weighted by Crippen LogP contribution is 2.26. The molecule has 4 heteroatoms. The monoisotopic (exact) mass is 261 g/mol. The second kappa shape index (κ2) is 4.92. The van der Waals surface area contributed by atoms with Crippen molar-refractivity contribution in [2.45, 2.75) is 12.7 Å². The number of rotatable bonds is 3. The number of nitrogens with two attached hydrogens (primary N) is 1. The SMILES string of the molecule is Cc1c(CS(N)(=O)=O)cccc1-c1ccccc1. The molecule has 0 bridgehead atoms. The van der Waals surface area contributed by atoms with Crippen molar-refractivity contribution in [2.75, 3.05) is 0 Å². The van der Waals surface area contributed by atoms with Gasteiger partial charge in [-0.1, -0.05) is 48.5 Å². The van der Waals surface area contributed by atoms with Crippen molar-refractivity contribution in [2.24, 2.45) is 5.14 Å². The van der Waals surface area contributed by atoms with Crippen LogP contribution in [0.1, 0.15) is 11.1 Å². The van der Waals surface area contributed by atoms with E-state index in [-0.39, 0.29) is 5.75 Å². The molecule has 0 radical (unpaired) electrons. The Kier molecular flexibility index (Phi) is 3.50. The molecule has 0 saturated heterocycles. The maximum atomic E-state index is 11.2. The van der Waals surface area contributed by atoms with E-state index in [2.05, 4.69) is 0 Å². The standard InChI is InChI=1S/C14H15NO2S/c1-11-13(10-18(15,16)17)8-5-9-14(11)12-6-3-2-4-7-12/h2-9H,10H2,1H3,(H2,15,16,17). The van der Waals surface area contributed by atoms with E-state index in [4.69, 9.17) is 5.14 Å². The summed E-state index contributed by atoms with van der Waals surface area (Å²) in [5.41, 5.74) is 3.82. The van der Waals surface area contributed by atoms with Crippen LogP contribution in [0.3, 0.4) is 0 Å². The minimum Gasteiger partial charge on any atom is -0.228 e. The fraction of sp³-hybridized carbons (Fsp3) is 0.143. The first-order chi connectivity index (χ1) is 8.47. The van der Waals surface area contributed by atoms with Crippen LogP contribution in [-0.2, 0) is 15.8 Å². The van der Waals surface area contributed by atoms with Gasteiger partial charge in [-0.2, -0.15) is 0 Å². The first-order valence-corrected chi connectivity index (χ1v) is 7.33. The highest BCUT2D eigenvalue weighted by Gasteiger charge is 2.10. The van der Waals surface area contributed by atoms with Gasteiger partial charge < -0.3 is 0 Å². The summed E-state index contributed by atoms with van der Waals surface area (Å²) in [5, 5.41) is 5.10. The molecule has 2 rings (SSSR count). The predicted molar refractivity (Wildman–Crippen MR) is 73.4 cm³/mol. The number of hydrogen-bond acceptors (Lipinski definition) is 2. The molecule has 0 aliphatic carbocycles. The lowest BCUT2D eigenvalue weighted by Crippen LogP contribution is -2.15. The third-order valence-corrected chi connectivity index (χ3v) is 3.60. The molecule has 0 aliphatic rings. The summed E-state index contributed by atoms with van der Waals surface area (Å²) in [7, 11) is -3.50. The van der Waals surface area contributed by atoms with Crippen LogP contribution in [0.4, 0.5) is 0 Å². The molecule has 0 amide bonds. The Labute approximate surface area is 107 Å². The van der Waals surface area contributed by atoms with Gasteiger partial charge in [-0.3, -0.25) is 0 Å². The van der Waals surface area contributed by atoms with Crippen LogP contribution in [0, 0.1) is 6.92 Å². The molecule has 18 heavy (non-hydrogen) atoms. The molecule has 0 unspecified atom stereocenters. The quantitative estimate of drug-likeness (QED) is 0.922. The van der Waals surface area contributed by atoms with E-state index in [0.29, 0.717) is 0 Å². The highest BCUT2D eigenvalue weighted by atomic mass is 32.2. The summed E-state index contributed by atoms with van der Waals surface area (Å²) in [5.74, 6) is -0.125. The van der Waals surface area contributed by atoms with Crippen molar-refractivity contribution in [3.05, 3.63) is 59.7 Å². The molecule has 0 fully saturated rings. The Morgan fingerprint density at radius 2 is 1.67 bits per heavy atom. The maximum Gasteiger partial charge on any atom is 0.213 e. The first-order valence-electron chi connectivity index (χ1n) is 5.62. The normalized spacial score (nSPS) is 11.4. The van der Waals surface area contributed by atoms with E-state index < -0.39 is 10.0 Å². The molecular formula is C14H15NO2S. The molecular weight excluding hydrogens is 246 g/mol. The van der Waals surface area contributed by atoms with Crippen LogP contribution in [0.5, 0.6) is 0 Å². The third-order valence-electron chi connectivity index (χ3n) is 2.89. The molecule has 94 valence electrons. The second-order valence-corrected chi connectivity index (χ2v) is 5.88. The Morgan fingerprint density at radius 3 is 2.28 bits per heavy atom. The van der Waals surface area contributed by atoms with Crippen LogP contribution in [-0.4, -0.2) is 8.42 Å². The Balaban J connectivity index is 2.49. The average Bonchev–Trinajstić information content (AvgIpc) is 2.31. The minimum absolute atomic E-state index is 0.125. The molecule has 0 spiro atoms. The lowest BCUT2D eigenvalue weighted by Gasteiger charge is -2.10. The first kappa shape index (κ1) is 12.8. The second-order valence-electron chi connectivity index (χ2n) is 4.26. The van der Waals surface area contributed by atoms with E-state index in [1.54, 1.807) is 6.07 Å². The molecule has 2 aromatic rings. The van der Waals surface area contributed by atoms with E-state index in [0.717, 1.165) is 22.3 Å². The highest BCUT2D eigenvalue weighted by molar-refractivity contribution is 7.88. The minimum atomic E-state index is -3.50. The van der Waals surface area contributed by atoms with Gasteiger partial charge in [0.1, 0.15) is 0 Å². The average molecular weight is 261 g/mol. The van der Waals surface area contributed by atoms with Crippen molar-refractivity contribution >= 4 is 10.0 Å². The smallest absolute Gasteiger partial charge is 0.213 e. The van der Waals surface area contributed by atoms with E-state index >= 15 is 0 Å². The zero-order valence-electron chi connectivity index (χ0n) is 10.1. The number of benzene rings is 2. The third kappa shape index (κ3) is 2.97. The maximum absolute atomic E-state index is 11.2. The van der Waals surface area contributed by atoms with Gasteiger partial charge >= 0.3 is 0 Å². The Morgan fingerprint density at radius 1 is 1.00 bits per heavy atom. The molecule has 0 aliphatic heterocycles. The van der Waals surface area contributed by atoms with E-state index in [1.165, 1.54) is 0 Å². The summed E-state index contributed by atoms with van der Waals surface area (Å²) in [6.07, 6.45) is 0. The van der Waals surface area contributed by atoms with Gasteiger partial charge in [0.05, 0.1) is 5.75 Å². The lowest BCUT2D eigenvalue weighted by atomic mass is 9.97. The molecule has 0 saturated carbocycles. The van der Waals surface area contributed by atoms with Gasteiger partial charge in [0.2, 0.25) is 10.0 Å². The van der Waals surface area contributed by atoms with Crippen LogP contribution in [0.2, 0.25) is 0 Å². The fourth-order valence-electron chi connectivity index (χ4n) is 1.99. The van der Waals surface area contributed by atoms with Crippen molar-refractivity contribution in [1.82, 2.24) is 0 Å². The summed E-state index contributed by atoms with van der Waals surface area (Å²) in [6.45, 7) is 1.92. The molecule has 2 N–H and O–H groups in total. The Bertz CT molecular complexity index is 649. The van der Waals surface area contributed by atoms with Crippen molar-refractivity contribution in [1.29, 1.82) is 0 Å². The van der Waals surface area contributed by atoms with Gasteiger partial charge in [-0.15, -0.1) is 0 Å². The molecule has 0 atom stereocenters. The topological polar surface area (TPSA) is 60.2 Å². The van der Waals surface area contributed by atoms with Crippen LogP contribution < -0.4 is 5.14 Å². The lowest BCUT2D eigenvalue weighted by molar-refractivity contribution is 0.597. The predicted octanol–water partition coefficient (Wildman–Crippen LogP) is 2.45. The van der Waals surface area contributed by atoms with E-state index in [9.17, 15) is 8.42 Å². The molecule has 3 nitrogen and oxygen atoms in total. The number of hydrogen-bond donors (Lipinski definition) is 1. The summed E-state index contributed by atoms with van der Waals surface area (Å²) in [6, 6.07) is 15.5. The summed E-state index contributed by atoms with van der Waals surface area (Å²) >= 11 is 0. The van der Waals surface area contributed by atoms with Gasteiger partial charge in [-0.25, -0.2) is 13.6 Å². The van der Waals surface area contributed by atoms with Gasteiger partial charge in [0, 0.05) is 0 Å². The van der Waals surface area contributed by atoms with Gasteiger partial charge in [0.25, 0.3) is 0 Å². The number of sulfonamides is 1.